The third kappa shape index (κ3) is 8.84. The first kappa shape index (κ1) is 40.6. The van der Waals surface area contributed by atoms with Crippen molar-refractivity contribution in [2.24, 2.45) is 11.8 Å². The summed E-state index contributed by atoms with van der Waals surface area (Å²) in [5.41, 5.74) is 13.5. The van der Waals surface area contributed by atoms with Crippen molar-refractivity contribution >= 4 is 29.2 Å². The quantitative estimate of drug-likeness (QED) is 0.167. The van der Waals surface area contributed by atoms with Gasteiger partial charge in [0.2, 0.25) is 11.8 Å². The Morgan fingerprint density at radius 3 is 2.54 bits per heavy atom. The zero-order valence-corrected chi connectivity index (χ0v) is 35.1. The average molecular weight is 831 g/mol. The van der Waals surface area contributed by atoms with E-state index in [0.717, 1.165) is 104 Å². The number of pyridine rings is 1. The summed E-state index contributed by atoms with van der Waals surface area (Å²) in [5.74, 6) is 1.05. The Kier molecular flexibility index (Phi) is 11.5. The molecular formula is C46H55FN10O4. The molecule has 9 rings (SSSR count). The number of likely N-dealkylation sites (tertiary alicyclic amines) is 1. The zero-order chi connectivity index (χ0) is 42.2. The average Bonchev–Trinajstić information content (AvgIpc) is 3.95. The molecule has 3 amide bonds. The first-order valence-corrected chi connectivity index (χ1v) is 21.8. The van der Waals surface area contributed by atoms with E-state index in [1.807, 2.05) is 50.6 Å². The van der Waals surface area contributed by atoms with E-state index in [4.69, 9.17) is 15.6 Å². The van der Waals surface area contributed by atoms with E-state index in [9.17, 15) is 18.8 Å². The number of anilines is 2. The van der Waals surface area contributed by atoms with Gasteiger partial charge in [-0.25, -0.2) is 14.4 Å². The third-order valence-corrected chi connectivity index (χ3v) is 13.2. The number of nitrogens with zero attached hydrogens (tertiary/aromatic N) is 8. The molecule has 3 N–H and O–H groups in total. The number of hydrogen-bond acceptors (Lipinski definition) is 10. The van der Waals surface area contributed by atoms with Gasteiger partial charge in [-0.05, 0) is 119 Å². The van der Waals surface area contributed by atoms with Crippen LogP contribution in [0, 0.1) is 18.8 Å². The summed E-state index contributed by atoms with van der Waals surface area (Å²) in [5, 5.41) is 7.14. The maximum absolute atomic E-state index is 14.0. The van der Waals surface area contributed by atoms with Crippen LogP contribution in [0.4, 0.5) is 15.9 Å². The summed E-state index contributed by atoms with van der Waals surface area (Å²) in [6.07, 6.45) is 17.1. The van der Waals surface area contributed by atoms with E-state index in [1.54, 1.807) is 17.2 Å². The second kappa shape index (κ2) is 17.3. The molecule has 0 radical (unpaired) electrons. The van der Waals surface area contributed by atoms with Crippen LogP contribution in [-0.2, 0) is 29.2 Å². The van der Waals surface area contributed by atoms with Gasteiger partial charge >= 0.3 is 0 Å². The van der Waals surface area contributed by atoms with Crippen LogP contribution in [0.15, 0.2) is 72.7 Å². The summed E-state index contributed by atoms with van der Waals surface area (Å²) >= 11 is 0. The maximum atomic E-state index is 14.0. The highest BCUT2D eigenvalue weighted by molar-refractivity contribution is 6.05. The highest BCUT2D eigenvalue weighted by Gasteiger charge is 2.39. The maximum Gasteiger partial charge on any atom is 0.255 e. The van der Waals surface area contributed by atoms with Gasteiger partial charge in [0.25, 0.3) is 5.91 Å². The number of imidazole rings is 1. The van der Waals surface area contributed by atoms with Crippen LogP contribution >= 0.6 is 0 Å². The molecule has 3 fully saturated rings. The topological polar surface area (TPSA) is 157 Å². The lowest BCUT2D eigenvalue weighted by atomic mass is 9.92. The largest absolute Gasteiger partial charge is 0.482 e. The first-order chi connectivity index (χ1) is 29.5. The molecule has 3 aromatic heterocycles. The Labute approximate surface area is 355 Å². The fourth-order valence-corrected chi connectivity index (χ4v) is 9.78. The Morgan fingerprint density at radius 2 is 1.75 bits per heavy atom. The Hall–Kier alpha value is -5.83. The first-order valence-electron chi connectivity index (χ1n) is 21.8. The number of nitrogen functional groups attached to an aromatic ring is 1. The summed E-state index contributed by atoms with van der Waals surface area (Å²) in [6.45, 7) is 11.1. The van der Waals surface area contributed by atoms with E-state index < -0.39 is 6.04 Å². The fraction of sp³-hybridized carbons (Fsp3) is 0.478. The van der Waals surface area contributed by atoms with Crippen molar-refractivity contribution in [3.05, 3.63) is 95.1 Å². The molecule has 4 aromatic rings. The molecule has 1 unspecified atom stereocenters. The number of rotatable bonds is 12. The van der Waals surface area contributed by atoms with E-state index in [-0.39, 0.29) is 41.9 Å². The predicted octanol–water partition coefficient (Wildman–Crippen LogP) is 5.81. The summed E-state index contributed by atoms with van der Waals surface area (Å²) in [7, 11) is 0. The molecule has 3 saturated heterocycles. The van der Waals surface area contributed by atoms with Gasteiger partial charge in [-0.15, -0.1) is 0 Å². The lowest BCUT2D eigenvalue weighted by Gasteiger charge is -2.38. The highest BCUT2D eigenvalue weighted by atomic mass is 19.1. The van der Waals surface area contributed by atoms with Gasteiger partial charge in [0.1, 0.15) is 18.0 Å². The van der Waals surface area contributed by atoms with Gasteiger partial charge in [-0.2, -0.15) is 5.10 Å². The van der Waals surface area contributed by atoms with Crippen molar-refractivity contribution < 1.29 is 23.5 Å². The van der Waals surface area contributed by atoms with Gasteiger partial charge in [0.05, 0.1) is 30.5 Å². The van der Waals surface area contributed by atoms with Crippen LogP contribution in [0.3, 0.4) is 0 Å². The summed E-state index contributed by atoms with van der Waals surface area (Å²) in [4.78, 5) is 53.0. The van der Waals surface area contributed by atoms with Gasteiger partial charge in [0.15, 0.2) is 11.6 Å². The Bertz CT molecular complexity index is 2370. The number of amides is 3. The minimum atomic E-state index is -0.595. The fourth-order valence-electron chi connectivity index (χ4n) is 9.78. The standard InChI is InChI=1S/C46H55FN10O4/c1-29-43(35-20-41(44(48)49-22-35)61-30(2)34-4-3-5-37(47)18-34)55(28-50-29)24-33-21-51-56(26-33)25-32-10-14-53(15-11-32)23-31-12-16-54(17-13-31)38-6-7-39-36(19-38)27-57(46(39)60)40-8-9-42(58)52-45(40)59/h4,6-7,18-22,26,28,30-32,40H,3,5,8-17,23-25,27H2,1-2H3,(H2,48,49)(H,52,58,59)/t30-,40?/m1/s1. The van der Waals surface area contributed by atoms with E-state index >= 15 is 0 Å². The zero-order valence-electron chi connectivity index (χ0n) is 35.1. The number of aromatic nitrogens is 5. The number of benzene rings is 1. The molecule has 0 spiro atoms. The monoisotopic (exact) mass is 830 g/mol. The number of piperidine rings is 3. The van der Waals surface area contributed by atoms with Crippen LogP contribution in [0.1, 0.15) is 85.5 Å². The lowest BCUT2D eigenvalue weighted by molar-refractivity contribution is -0.136. The molecule has 0 bridgehead atoms. The third-order valence-electron chi connectivity index (χ3n) is 13.2. The lowest BCUT2D eigenvalue weighted by Crippen LogP contribution is -2.52. The molecule has 14 nitrogen and oxygen atoms in total. The molecule has 15 heteroatoms. The number of nitrogens with two attached hydrogens (primary N) is 1. The van der Waals surface area contributed by atoms with Crippen LogP contribution in [0.5, 0.6) is 5.75 Å². The van der Waals surface area contributed by atoms with Crippen molar-refractivity contribution in [1.29, 1.82) is 0 Å². The number of hydrogen-bond donors (Lipinski definition) is 2. The number of imide groups is 1. The summed E-state index contributed by atoms with van der Waals surface area (Å²) < 4.78 is 24.4. The second-order valence-electron chi connectivity index (χ2n) is 17.5. The summed E-state index contributed by atoms with van der Waals surface area (Å²) in [6, 6.07) is 7.37. The van der Waals surface area contributed by atoms with Gasteiger partial charge in [-0.1, -0.05) is 6.08 Å². The number of aryl methyl sites for hydroxylation is 1. The van der Waals surface area contributed by atoms with Crippen LogP contribution in [0.25, 0.3) is 11.3 Å². The van der Waals surface area contributed by atoms with Gasteiger partial charge < -0.3 is 29.7 Å². The highest BCUT2D eigenvalue weighted by Crippen LogP contribution is 2.34. The molecule has 1 aliphatic carbocycles. The van der Waals surface area contributed by atoms with Crippen molar-refractivity contribution in [3.8, 4) is 17.0 Å². The van der Waals surface area contributed by atoms with Crippen molar-refractivity contribution in [1.82, 2.24) is 39.4 Å². The smallest absolute Gasteiger partial charge is 0.255 e. The van der Waals surface area contributed by atoms with Crippen molar-refractivity contribution in [2.45, 2.75) is 97.0 Å². The molecule has 5 aliphatic rings. The van der Waals surface area contributed by atoms with Crippen molar-refractivity contribution in [2.75, 3.05) is 43.4 Å². The van der Waals surface area contributed by atoms with E-state index in [1.165, 1.54) is 0 Å². The molecule has 0 saturated carbocycles. The number of ether oxygens (including phenoxy) is 1. The van der Waals surface area contributed by atoms with Crippen LogP contribution < -0.4 is 20.7 Å². The number of halogens is 1. The molecular weight excluding hydrogens is 776 g/mol. The Balaban J connectivity index is 0.735. The number of fused-ring (bicyclic) bond motifs is 1. The molecule has 4 aliphatic heterocycles. The SMILES string of the molecule is Cc1ncn(Cc2cnn(CC3CCN(CC4CCN(c5ccc6c(c5)CN(C5CCC(=O)NC5=O)C6=O)CC4)CC3)c2)c1-c1cnc(N)c(O[C@H](C)C2=CCCC(F)=C2)c1. The molecule has 7 heterocycles. The predicted molar refractivity (Wildman–Crippen MR) is 229 cm³/mol. The van der Waals surface area contributed by atoms with Crippen LogP contribution in [-0.4, -0.2) is 96.7 Å². The Morgan fingerprint density at radius 1 is 0.967 bits per heavy atom. The van der Waals surface area contributed by atoms with Gasteiger partial charge in [-0.3, -0.25) is 24.4 Å². The van der Waals surface area contributed by atoms with E-state index in [0.29, 0.717) is 55.5 Å². The van der Waals surface area contributed by atoms with Gasteiger partial charge in [0, 0.05) is 80.3 Å². The number of carbonyl (C=O) groups is 3. The van der Waals surface area contributed by atoms with E-state index in [2.05, 4.69) is 46.6 Å². The molecule has 2 atom stereocenters. The number of allylic oxidation sites excluding steroid dienone is 2. The molecule has 320 valence electrons. The molecule has 1 aromatic carbocycles. The number of nitrogens with one attached hydrogen (secondary N) is 1. The van der Waals surface area contributed by atoms with Crippen molar-refractivity contribution in [3.63, 3.8) is 0 Å². The number of carbonyl (C=O) groups excluding carboxylic acids is 3. The van der Waals surface area contributed by atoms with Crippen LogP contribution in [0.2, 0.25) is 0 Å². The minimum absolute atomic E-state index is 0.129. The second-order valence-corrected chi connectivity index (χ2v) is 17.5. The minimum Gasteiger partial charge on any atom is -0.482 e. The molecule has 61 heavy (non-hydrogen) atoms. The normalized spacial score (nSPS) is 21.0.